The van der Waals surface area contributed by atoms with E-state index < -0.39 is 5.91 Å². The van der Waals surface area contributed by atoms with Crippen molar-refractivity contribution >= 4 is 23.2 Å². The van der Waals surface area contributed by atoms with Crippen molar-refractivity contribution in [3.05, 3.63) is 83.0 Å². The summed E-state index contributed by atoms with van der Waals surface area (Å²) in [5, 5.41) is 6.26. The van der Waals surface area contributed by atoms with E-state index in [4.69, 9.17) is 18.9 Å². The molecule has 1 fully saturated rings. The van der Waals surface area contributed by atoms with Crippen LogP contribution in [0.5, 0.6) is 28.9 Å². The van der Waals surface area contributed by atoms with Gasteiger partial charge in [-0.15, -0.1) is 0 Å². The Hall–Kier alpha value is -4.87. The number of benzene rings is 3. The number of para-hydroxylation sites is 1. The highest BCUT2D eigenvalue weighted by atomic mass is 16.5. The second-order valence-corrected chi connectivity index (χ2v) is 13.1. The first-order valence-corrected chi connectivity index (χ1v) is 17.8. The highest BCUT2D eigenvalue weighted by Gasteiger charge is 2.21. The Morgan fingerprint density at radius 2 is 1.61 bits per heavy atom. The van der Waals surface area contributed by atoms with E-state index in [2.05, 4.69) is 51.2 Å². The lowest BCUT2D eigenvalue weighted by Gasteiger charge is -2.36. The van der Waals surface area contributed by atoms with Gasteiger partial charge in [0.1, 0.15) is 5.56 Å². The predicted molar refractivity (Wildman–Crippen MR) is 203 cm³/mol. The quantitative estimate of drug-likeness (QED) is 0.113. The molecule has 0 radical (unpaired) electrons. The van der Waals surface area contributed by atoms with Crippen LogP contribution in [-0.4, -0.2) is 85.3 Å². The van der Waals surface area contributed by atoms with Crippen molar-refractivity contribution in [2.45, 2.75) is 59.9 Å². The van der Waals surface area contributed by atoms with Gasteiger partial charge >= 0.3 is 0 Å². The van der Waals surface area contributed by atoms with Crippen LogP contribution in [0.15, 0.2) is 60.8 Å². The summed E-state index contributed by atoms with van der Waals surface area (Å²) in [6, 6.07) is 17.8. The van der Waals surface area contributed by atoms with Gasteiger partial charge in [-0.05, 0) is 81.5 Å². The Bertz CT molecular complexity index is 1750. The average Bonchev–Trinajstić information content (AvgIpc) is 3.13. The van der Waals surface area contributed by atoms with Crippen LogP contribution >= 0.6 is 0 Å². The van der Waals surface area contributed by atoms with E-state index in [1.165, 1.54) is 6.20 Å². The monoisotopic (exact) mass is 696 g/mol. The second-order valence-electron chi connectivity index (χ2n) is 13.1. The fourth-order valence-corrected chi connectivity index (χ4v) is 6.16. The molecule has 0 aliphatic carbocycles. The Morgan fingerprint density at radius 1 is 0.902 bits per heavy atom. The Kier molecular flexibility index (Phi) is 13.1. The summed E-state index contributed by atoms with van der Waals surface area (Å²) in [6.07, 6.45) is 4.30. The summed E-state index contributed by atoms with van der Waals surface area (Å²) in [5.74, 6) is 2.15. The van der Waals surface area contributed by atoms with E-state index in [1.54, 1.807) is 14.2 Å². The SMILES string of the molecule is CCCc1ccc(Oc2nc(Nc3ccc(OCCCN4CCN(C(C)C)CC4)c(OC)c3)ncc2C(=O)Nc2c(C)cccc2C)c(OC)c1. The number of carbonyl (C=O) groups is 1. The molecule has 0 unspecified atom stereocenters. The van der Waals surface area contributed by atoms with Crippen molar-refractivity contribution in [2.75, 3.05) is 64.2 Å². The molecule has 272 valence electrons. The molecular weight excluding hydrogens is 644 g/mol. The molecule has 2 N–H and O–H groups in total. The van der Waals surface area contributed by atoms with E-state index in [0.29, 0.717) is 41.3 Å². The number of piperazine rings is 1. The first-order chi connectivity index (χ1) is 24.7. The Morgan fingerprint density at radius 3 is 2.29 bits per heavy atom. The van der Waals surface area contributed by atoms with Crippen LogP contribution in [-0.2, 0) is 6.42 Å². The van der Waals surface area contributed by atoms with Crippen LogP contribution in [0.25, 0.3) is 0 Å². The molecule has 0 spiro atoms. The highest BCUT2D eigenvalue weighted by molar-refractivity contribution is 6.06. The highest BCUT2D eigenvalue weighted by Crippen LogP contribution is 2.35. The van der Waals surface area contributed by atoms with Gasteiger partial charge in [-0.25, -0.2) is 4.98 Å². The van der Waals surface area contributed by atoms with Gasteiger partial charge in [0.25, 0.3) is 5.91 Å². The molecule has 2 heterocycles. The van der Waals surface area contributed by atoms with E-state index in [0.717, 1.165) is 74.4 Å². The van der Waals surface area contributed by atoms with Crippen molar-refractivity contribution in [1.82, 2.24) is 19.8 Å². The summed E-state index contributed by atoms with van der Waals surface area (Å²) in [6.45, 7) is 16.5. The van der Waals surface area contributed by atoms with Crippen molar-refractivity contribution in [3.8, 4) is 28.9 Å². The summed E-state index contributed by atoms with van der Waals surface area (Å²) in [4.78, 5) is 27.9. The zero-order valence-electron chi connectivity index (χ0n) is 31.0. The van der Waals surface area contributed by atoms with Gasteiger partial charge in [0, 0.05) is 62.4 Å². The number of ether oxygens (including phenoxy) is 4. The number of rotatable bonds is 16. The molecule has 4 aromatic rings. The van der Waals surface area contributed by atoms with E-state index in [9.17, 15) is 4.79 Å². The van der Waals surface area contributed by atoms with Gasteiger partial charge in [-0.1, -0.05) is 37.6 Å². The number of anilines is 3. The number of methoxy groups -OCH3 is 2. The summed E-state index contributed by atoms with van der Waals surface area (Å²) >= 11 is 0. The first-order valence-electron chi connectivity index (χ1n) is 17.8. The van der Waals surface area contributed by atoms with Crippen molar-refractivity contribution < 1.29 is 23.7 Å². The molecule has 1 saturated heterocycles. The Balaban J connectivity index is 1.31. The third-order valence-corrected chi connectivity index (χ3v) is 9.12. The lowest BCUT2D eigenvalue weighted by atomic mass is 10.1. The summed E-state index contributed by atoms with van der Waals surface area (Å²) in [7, 11) is 3.21. The Labute approximate surface area is 302 Å². The number of aromatic nitrogens is 2. The predicted octanol–water partition coefficient (Wildman–Crippen LogP) is 7.65. The van der Waals surface area contributed by atoms with E-state index in [1.807, 2.05) is 68.4 Å². The number of nitrogens with zero attached hydrogens (tertiary/aromatic N) is 4. The number of hydrogen-bond acceptors (Lipinski definition) is 10. The fraction of sp³-hybridized carbons (Fsp3) is 0.425. The zero-order valence-corrected chi connectivity index (χ0v) is 31.0. The standard InChI is InChI=1S/C40H52N6O5/c1-8-11-30-14-16-34(35(24-30)48-6)51-39-32(38(47)43-37-28(4)12-9-13-29(37)5)26-41-40(44-39)42-31-15-17-33(36(25-31)49-7)50-23-10-18-45-19-21-46(22-20-45)27(2)3/h9,12-17,24-27H,8,10-11,18-23H2,1-7H3,(H,43,47)(H,41,42,44). The van der Waals surface area contributed by atoms with Crippen LogP contribution in [0.4, 0.5) is 17.3 Å². The van der Waals surface area contributed by atoms with Crippen LogP contribution in [0.2, 0.25) is 0 Å². The normalized spacial score (nSPS) is 13.6. The maximum atomic E-state index is 13.7. The molecule has 1 aliphatic rings. The van der Waals surface area contributed by atoms with E-state index in [-0.39, 0.29) is 17.4 Å². The molecule has 1 aromatic heterocycles. The molecule has 3 aromatic carbocycles. The second kappa shape index (κ2) is 17.9. The molecule has 0 bridgehead atoms. The van der Waals surface area contributed by atoms with Crippen molar-refractivity contribution in [1.29, 1.82) is 0 Å². The molecule has 11 heteroatoms. The molecule has 5 rings (SSSR count). The third-order valence-electron chi connectivity index (χ3n) is 9.12. The molecule has 51 heavy (non-hydrogen) atoms. The molecule has 0 atom stereocenters. The number of aryl methyl sites for hydroxylation is 3. The number of carbonyl (C=O) groups excluding carboxylic acids is 1. The molecular formula is C40H52N6O5. The largest absolute Gasteiger partial charge is 0.493 e. The minimum absolute atomic E-state index is 0.0790. The lowest BCUT2D eigenvalue weighted by Crippen LogP contribution is -2.49. The molecule has 1 amide bonds. The lowest BCUT2D eigenvalue weighted by molar-refractivity contribution is 0.102. The van der Waals surface area contributed by atoms with E-state index >= 15 is 0 Å². The zero-order chi connectivity index (χ0) is 36.3. The first kappa shape index (κ1) is 37.4. The maximum Gasteiger partial charge on any atom is 0.262 e. The summed E-state index contributed by atoms with van der Waals surface area (Å²) < 4.78 is 23.8. The minimum atomic E-state index is -0.392. The van der Waals surface area contributed by atoms with Gasteiger partial charge in [0.2, 0.25) is 11.8 Å². The van der Waals surface area contributed by atoms with Gasteiger partial charge in [-0.2, -0.15) is 4.98 Å². The van der Waals surface area contributed by atoms with Crippen LogP contribution in [0.3, 0.4) is 0 Å². The average molecular weight is 697 g/mol. The van der Waals surface area contributed by atoms with Crippen molar-refractivity contribution in [2.24, 2.45) is 0 Å². The number of amides is 1. The van der Waals surface area contributed by atoms with Crippen LogP contribution < -0.4 is 29.6 Å². The minimum Gasteiger partial charge on any atom is -0.493 e. The molecule has 11 nitrogen and oxygen atoms in total. The smallest absolute Gasteiger partial charge is 0.262 e. The number of hydrogen-bond donors (Lipinski definition) is 2. The third kappa shape index (κ3) is 9.89. The number of nitrogens with one attached hydrogen (secondary N) is 2. The van der Waals surface area contributed by atoms with Crippen LogP contribution in [0, 0.1) is 13.8 Å². The summed E-state index contributed by atoms with van der Waals surface area (Å²) in [5.41, 5.74) is 4.60. The van der Waals surface area contributed by atoms with Gasteiger partial charge in [0.05, 0.1) is 20.8 Å². The molecule has 1 aliphatic heterocycles. The fourth-order valence-electron chi connectivity index (χ4n) is 6.16. The van der Waals surface area contributed by atoms with Gasteiger partial charge in [0.15, 0.2) is 23.0 Å². The maximum absolute atomic E-state index is 13.7. The van der Waals surface area contributed by atoms with Gasteiger partial charge in [-0.3, -0.25) is 9.69 Å². The topological polar surface area (TPSA) is 110 Å². The molecule has 0 saturated carbocycles. The van der Waals surface area contributed by atoms with Crippen molar-refractivity contribution in [3.63, 3.8) is 0 Å². The van der Waals surface area contributed by atoms with Gasteiger partial charge < -0.3 is 34.5 Å². The van der Waals surface area contributed by atoms with Crippen LogP contribution in [0.1, 0.15) is 60.7 Å².